The number of carbonyl (C=O) groups excluding carboxylic acids is 1. The van der Waals surface area contributed by atoms with E-state index in [2.05, 4.69) is 13.8 Å². The Morgan fingerprint density at radius 3 is 2.38 bits per heavy atom. The van der Waals surface area contributed by atoms with Gasteiger partial charge in [-0.15, -0.1) is 0 Å². The highest BCUT2D eigenvalue weighted by atomic mass is 16.4. The molecular formula is C20H21NO3. The van der Waals surface area contributed by atoms with Gasteiger partial charge in [0, 0.05) is 18.7 Å². The van der Waals surface area contributed by atoms with Crippen LogP contribution in [-0.2, 0) is 11.3 Å². The summed E-state index contributed by atoms with van der Waals surface area (Å²) in [6.07, 6.45) is 0. The summed E-state index contributed by atoms with van der Waals surface area (Å²) in [5, 5.41) is 9.51. The highest BCUT2D eigenvalue weighted by molar-refractivity contribution is 5.95. The van der Waals surface area contributed by atoms with E-state index in [0.717, 1.165) is 11.1 Å². The van der Waals surface area contributed by atoms with E-state index in [1.54, 1.807) is 4.90 Å². The van der Waals surface area contributed by atoms with Crippen LogP contribution in [0.4, 0.5) is 0 Å². The highest BCUT2D eigenvalue weighted by Crippen LogP contribution is 2.29. The summed E-state index contributed by atoms with van der Waals surface area (Å²) >= 11 is 0. The molecule has 2 aromatic rings. The first-order valence-electron chi connectivity index (χ1n) is 8.17. The molecule has 3 rings (SSSR count). The lowest BCUT2D eigenvalue weighted by Gasteiger charge is -2.33. The summed E-state index contributed by atoms with van der Waals surface area (Å²) in [5.74, 6) is -1.28. The number of benzene rings is 2. The minimum absolute atomic E-state index is 0.119. The van der Waals surface area contributed by atoms with Gasteiger partial charge in [-0.05, 0) is 34.7 Å². The van der Waals surface area contributed by atoms with Crippen molar-refractivity contribution in [3.8, 4) is 0 Å². The first-order valence-corrected chi connectivity index (χ1v) is 8.17. The zero-order valence-corrected chi connectivity index (χ0v) is 13.9. The zero-order chi connectivity index (χ0) is 17.3. The molecule has 4 heteroatoms. The molecular weight excluding hydrogens is 302 g/mol. The second-order valence-corrected chi connectivity index (χ2v) is 6.55. The normalized spacial score (nSPS) is 16.8. The fourth-order valence-corrected chi connectivity index (χ4v) is 3.17. The molecule has 0 aliphatic carbocycles. The third kappa shape index (κ3) is 3.04. The molecule has 0 fully saturated rings. The Kier molecular flexibility index (Phi) is 4.38. The monoisotopic (exact) mass is 323 g/mol. The molecule has 0 saturated heterocycles. The zero-order valence-electron chi connectivity index (χ0n) is 13.9. The van der Waals surface area contributed by atoms with Gasteiger partial charge in [0.1, 0.15) is 0 Å². The van der Waals surface area contributed by atoms with Crippen LogP contribution in [0.2, 0.25) is 0 Å². The molecule has 0 bridgehead atoms. The van der Waals surface area contributed by atoms with Gasteiger partial charge in [0.25, 0.3) is 5.91 Å². The topological polar surface area (TPSA) is 57.6 Å². The number of aliphatic carboxylic acids is 1. The van der Waals surface area contributed by atoms with Crippen LogP contribution in [0.1, 0.15) is 52.7 Å². The number of nitrogens with zero attached hydrogens (tertiary/aromatic N) is 1. The highest BCUT2D eigenvalue weighted by Gasteiger charge is 2.32. The number of carbonyl (C=O) groups is 2. The average molecular weight is 323 g/mol. The van der Waals surface area contributed by atoms with E-state index in [1.807, 2.05) is 48.5 Å². The maximum Gasteiger partial charge on any atom is 0.312 e. The number of amides is 1. The van der Waals surface area contributed by atoms with Crippen LogP contribution in [-0.4, -0.2) is 28.4 Å². The van der Waals surface area contributed by atoms with Crippen LogP contribution in [0.15, 0.2) is 48.5 Å². The number of hydrogen-bond acceptors (Lipinski definition) is 2. The number of rotatable bonds is 3. The molecule has 24 heavy (non-hydrogen) atoms. The van der Waals surface area contributed by atoms with Crippen molar-refractivity contribution >= 4 is 11.9 Å². The molecule has 0 spiro atoms. The molecule has 1 aliphatic rings. The van der Waals surface area contributed by atoms with E-state index < -0.39 is 11.9 Å². The smallest absolute Gasteiger partial charge is 0.312 e. The number of carboxylic acids is 1. The van der Waals surface area contributed by atoms with Gasteiger partial charge >= 0.3 is 5.97 Å². The quantitative estimate of drug-likeness (QED) is 0.938. The summed E-state index contributed by atoms with van der Waals surface area (Å²) in [6, 6.07) is 15.0. The van der Waals surface area contributed by atoms with Crippen molar-refractivity contribution < 1.29 is 14.7 Å². The summed E-state index contributed by atoms with van der Waals surface area (Å²) in [4.78, 5) is 26.0. The Hall–Kier alpha value is -2.62. The minimum atomic E-state index is -0.893. The number of hydrogen-bond donors (Lipinski definition) is 1. The van der Waals surface area contributed by atoms with Gasteiger partial charge in [0.2, 0.25) is 0 Å². The van der Waals surface area contributed by atoms with E-state index in [0.29, 0.717) is 18.0 Å². The fraction of sp³-hybridized carbons (Fsp3) is 0.300. The summed E-state index contributed by atoms with van der Waals surface area (Å²) in [5.41, 5.74) is 3.49. The van der Waals surface area contributed by atoms with Crippen LogP contribution in [0.5, 0.6) is 0 Å². The Morgan fingerprint density at radius 2 is 1.75 bits per heavy atom. The van der Waals surface area contributed by atoms with Crippen molar-refractivity contribution in [2.75, 3.05) is 6.54 Å². The van der Waals surface area contributed by atoms with Crippen molar-refractivity contribution in [1.82, 2.24) is 4.90 Å². The summed E-state index contributed by atoms with van der Waals surface area (Å²) in [7, 11) is 0. The lowest BCUT2D eigenvalue weighted by molar-refractivity contribution is -0.139. The first-order chi connectivity index (χ1) is 11.5. The van der Waals surface area contributed by atoms with Crippen LogP contribution in [0.3, 0.4) is 0 Å². The van der Waals surface area contributed by atoms with Crippen molar-refractivity contribution in [3.63, 3.8) is 0 Å². The summed E-state index contributed by atoms with van der Waals surface area (Å²) in [6.45, 7) is 4.87. The maximum absolute atomic E-state index is 12.8. The number of carboxylic acid groups (broad SMARTS) is 1. The Bertz CT molecular complexity index is 765. The van der Waals surface area contributed by atoms with E-state index in [4.69, 9.17) is 0 Å². The lowest BCUT2D eigenvalue weighted by atomic mass is 9.89. The Labute approximate surface area is 141 Å². The van der Waals surface area contributed by atoms with Gasteiger partial charge in [-0.1, -0.05) is 50.2 Å². The van der Waals surface area contributed by atoms with Gasteiger partial charge < -0.3 is 10.0 Å². The molecule has 1 atom stereocenters. The van der Waals surface area contributed by atoms with Gasteiger partial charge in [0.05, 0.1) is 5.92 Å². The van der Waals surface area contributed by atoms with Crippen molar-refractivity contribution in [1.29, 1.82) is 0 Å². The van der Waals surface area contributed by atoms with Crippen LogP contribution in [0, 0.1) is 0 Å². The second kappa shape index (κ2) is 6.48. The molecule has 1 aliphatic heterocycles. The number of fused-ring (bicyclic) bond motifs is 1. The van der Waals surface area contributed by atoms with Crippen molar-refractivity contribution in [2.45, 2.75) is 32.2 Å². The molecule has 1 heterocycles. The largest absolute Gasteiger partial charge is 0.481 e. The van der Waals surface area contributed by atoms with Crippen LogP contribution < -0.4 is 0 Å². The van der Waals surface area contributed by atoms with Crippen LogP contribution >= 0.6 is 0 Å². The van der Waals surface area contributed by atoms with Crippen molar-refractivity contribution in [2.24, 2.45) is 0 Å². The van der Waals surface area contributed by atoms with Gasteiger partial charge in [-0.2, -0.15) is 0 Å². The van der Waals surface area contributed by atoms with E-state index in [-0.39, 0.29) is 12.5 Å². The van der Waals surface area contributed by atoms with Gasteiger partial charge in [-0.25, -0.2) is 0 Å². The predicted octanol–water partition coefficient (Wildman–Crippen LogP) is 3.63. The summed E-state index contributed by atoms with van der Waals surface area (Å²) < 4.78 is 0. The fourth-order valence-electron chi connectivity index (χ4n) is 3.17. The third-order valence-corrected chi connectivity index (χ3v) is 4.60. The standard InChI is InChI=1S/C20H21NO3/c1-13(2)14-7-9-15(10-8-14)19(22)21-11-16-5-3-4-6-17(16)18(12-21)20(23)24/h3-10,13,18H,11-12H2,1-2H3,(H,23,24). The molecule has 124 valence electrons. The maximum atomic E-state index is 12.8. The van der Waals surface area contributed by atoms with Crippen LogP contribution in [0.25, 0.3) is 0 Å². The Balaban J connectivity index is 1.87. The third-order valence-electron chi connectivity index (χ3n) is 4.60. The van der Waals surface area contributed by atoms with E-state index in [9.17, 15) is 14.7 Å². The van der Waals surface area contributed by atoms with Crippen molar-refractivity contribution in [3.05, 3.63) is 70.8 Å². The SMILES string of the molecule is CC(C)c1ccc(C(=O)N2Cc3ccccc3C(C(=O)O)C2)cc1. The Morgan fingerprint density at radius 1 is 1.08 bits per heavy atom. The average Bonchev–Trinajstić information content (AvgIpc) is 2.60. The molecule has 1 amide bonds. The molecule has 1 unspecified atom stereocenters. The van der Waals surface area contributed by atoms with E-state index >= 15 is 0 Å². The van der Waals surface area contributed by atoms with Gasteiger partial charge in [-0.3, -0.25) is 9.59 Å². The minimum Gasteiger partial charge on any atom is -0.481 e. The molecule has 4 nitrogen and oxygen atoms in total. The first kappa shape index (κ1) is 16.2. The predicted molar refractivity (Wildman–Crippen MR) is 92.1 cm³/mol. The molecule has 0 aromatic heterocycles. The van der Waals surface area contributed by atoms with Gasteiger partial charge in [0.15, 0.2) is 0 Å². The van der Waals surface area contributed by atoms with E-state index in [1.165, 1.54) is 5.56 Å². The molecule has 0 saturated carbocycles. The second-order valence-electron chi connectivity index (χ2n) is 6.55. The lowest BCUT2D eigenvalue weighted by Crippen LogP contribution is -2.40. The molecule has 2 aromatic carbocycles. The molecule has 0 radical (unpaired) electrons. The molecule has 1 N–H and O–H groups in total.